The summed E-state index contributed by atoms with van der Waals surface area (Å²) in [5, 5.41) is 3.66. The van der Waals surface area contributed by atoms with Gasteiger partial charge in [-0.25, -0.2) is 0 Å². The average Bonchev–Trinajstić information content (AvgIpc) is 2.62. The Morgan fingerprint density at radius 1 is 1.33 bits per heavy atom. The lowest BCUT2D eigenvalue weighted by atomic mass is 9.70. The number of hydrogen-bond acceptors (Lipinski definition) is 2. The van der Waals surface area contributed by atoms with Crippen molar-refractivity contribution in [2.75, 3.05) is 13.1 Å². The molecule has 84 valence electrons. The average molecular weight is 208 g/mol. The first-order valence-corrected chi connectivity index (χ1v) is 6.34. The quantitative estimate of drug-likeness (QED) is 0.704. The third-order valence-electron chi connectivity index (χ3n) is 4.47. The van der Waals surface area contributed by atoms with Crippen molar-refractivity contribution in [2.24, 2.45) is 0 Å². The molecule has 2 heterocycles. The van der Waals surface area contributed by atoms with Gasteiger partial charge in [-0.1, -0.05) is 0 Å². The second-order valence-electron chi connectivity index (χ2n) is 5.40. The lowest BCUT2D eigenvalue weighted by Gasteiger charge is -2.50. The molecule has 3 rings (SSSR count). The van der Waals surface area contributed by atoms with Gasteiger partial charge in [0.2, 0.25) is 5.91 Å². The SMILES string of the molecule is O=C1CCCN1C1CCNC2(CCC2)C1. The molecule has 1 atom stereocenters. The molecule has 0 aromatic heterocycles. The molecule has 1 aliphatic carbocycles. The second-order valence-corrected chi connectivity index (χ2v) is 5.40. The van der Waals surface area contributed by atoms with Gasteiger partial charge in [-0.05, 0) is 45.1 Å². The molecule has 2 aliphatic heterocycles. The highest BCUT2D eigenvalue weighted by Crippen LogP contribution is 2.40. The zero-order valence-electron chi connectivity index (χ0n) is 9.30. The van der Waals surface area contributed by atoms with Crippen molar-refractivity contribution in [3.05, 3.63) is 0 Å². The standard InChI is InChI=1S/C12H20N2O/c15-11-3-1-8-14(11)10-4-7-13-12(9-10)5-2-6-12/h10,13H,1-9H2. The number of carbonyl (C=O) groups excluding carboxylic acids is 1. The Morgan fingerprint density at radius 2 is 2.20 bits per heavy atom. The molecule has 1 amide bonds. The second kappa shape index (κ2) is 3.48. The number of nitrogens with one attached hydrogen (secondary N) is 1. The van der Waals surface area contributed by atoms with Crippen LogP contribution in [0, 0.1) is 0 Å². The van der Waals surface area contributed by atoms with E-state index in [0.717, 1.165) is 32.4 Å². The summed E-state index contributed by atoms with van der Waals surface area (Å²) in [6, 6.07) is 0.543. The largest absolute Gasteiger partial charge is 0.340 e. The van der Waals surface area contributed by atoms with Crippen LogP contribution in [0.5, 0.6) is 0 Å². The van der Waals surface area contributed by atoms with Crippen molar-refractivity contribution in [2.45, 2.75) is 56.5 Å². The van der Waals surface area contributed by atoms with Crippen LogP contribution in [0.4, 0.5) is 0 Å². The Bertz CT molecular complexity index is 273. The van der Waals surface area contributed by atoms with Crippen molar-refractivity contribution < 1.29 is 4.79 Å². The van der Waals surface area contributed by atoms with E-state index in [9.17, 15) is 4.79 Å². The number of likely N-dealkylation sites (tertiary alicyclic amines) is 1. The van der Waals surface area contributed by atoms with E-state index in [0.29, 0.717) is 17.5 Å². The molecule has 0 radical (unpaired) electrons. The Hall–Kier alpha value is -0.570. The minimum absolute atomic E-state index is 0.399. The number of piperidine rings is 1. The van der Waals surface area contributed by atoms with Gasteiger partial charge in [0, 0.05) is 24.5 Å². The third-order valence-corrected chi connectivity index (χ3v) is 4.47. The van der Waals surface area contributed by atoms with Gasteiger partial charge in [-0.3, -0.25) is 4.79 Å². The smallest absolute Gasteiger partial charge is 0.222 e. The lowest BCUT2D eigenvalue weighted by molar-refractivity contribution is -0.131. The van der Waals surface area contributed by atoms with Crippen molar-refractivity contribution in [3.63, 3.8) is 0 Å². The molecule has 15 heavy (non-hydrogen) atoms. The predicted octanol–water partition coefficient (Wildman–Crippen LogP) is 1.28. The summed E-state index contributed by atoms with van der Waals surface area (Å²) in [4.78, 5) is 13.9. The maximum absolute atomic E-state index is 11.7. The number of nitrogens with zero attached hydrogens (tertiary/aromatic N) is 1. The van der Waals surface area contributed by atoms with Crippen molar-refractivity contribution in [3.8, 4) is 0 Å². The summed E-state index contributed by atoms with van der Waals surface area (Å²) in [6.45, 7) is 2.12. The summed E-state index contributed by atoms with van der Waals surface area (Å²) in [7, 11) is 0. The van der Waals surface area contributed by atoms with E-state index in [1.54, 1.807) is 0 Å². The van der Waals surface area contributed by atoms with Crippen molar-refractivity contribution in [1.82, 2.24) is 10.2 Å². The van der Waals surface area contributed by atoms with Gasteiger partial charge in [0.1, 0.15) is 0 Å². The van der Waals surface area contributed by atoms with Crippen LogP contribution in [0.3, 0.4) is 0 Å². The highest BCUT2D eigenvalue weighted by molar-refractivity contribution is 5.78. The lowest BCUT2D eigenvalue weighted by Crippen LogP contribution is -2.59. The molecule has 3 fully saturated rings. The van der Waals surface area contributed by atoms with Gasteiger partial charge >= 0.3 is 0 Å². The normalized spacial score (nSPS) is 34.5. The number of hydrogen-bond donors (Lipinski definition) is 1. The molecule has 1 saturated carbocycles. The Kier molecular flexibility index (Phi) is 2.23. The van der Waals surface area contributed by atoms with Gasteiger partial charge in [0.25, 0.3) is 0 Å². The fourth-order valence-electron chi connectivity index (χ4n) is 3.43. The van der Waals surface area contributed by atoms with Crippen LogP contribution in [0.1, 0.15) is 44.9 Å². The fraction of sp³-hybridized carbons (Fsp3) is 0.917. The van der Waals surface area contributed by atoms with E-state index >= 15 is 0 Å². The molecular formula is C12H20N2O. The molecule has 2 saturated heterocycles. The minimum atomic E-state index is 0.399. The van der Waals surface area contributed by atoms with Gasteiger partial charge < -0.3 is 10.2 Å². The monoisotopic (exact) mass is 208 g/mol. The molecule has 3 nitrogen and oxygen atoms in total. The summed E-state index contributed by atoms with van der Waals surface area (Å²) in [5.41, 5.74) is 0.422. The maximum Gasteiger partial charge on any atom is 0.222 e. The van der Waals surface area contributed by atoms with Crippen molar-refractivity contribution in [1.29, 1.82) is 0 Å². The van der Waals surface area contributed by atoms with Crippen LogP contribution in [-0.4, -0.2) is 35.5 Å². The molecular weight excluding hydrogens is 188 g/mol. The first-order chi connectivity index (χ1) is 7.29. The molecule has 1 spiro atoms. The van der Waals surface area contributed by atoms with Crippen LogP contribution in [0.2, 0.25) is 0 Å². The minimum Gasteiger partial charge on any atom is -0.340 e. The number of rotatable bonds is 1. The van der Waals surface area contributed by atoms with Crippen LogP contribution < -0.4 is 5.32 Å². The highest BCUT2D eigenvalue weighted by atomic mass is 16.2. The van der Waals surface area contributed by atoms with Gasteiger partial charge in [-0.2, -0.15) is 0 Å². The van der Waals surface area contributed by atoms with Gasteiger partial charge in [-0.15, -0.1) is 0 Å². The van der Waals surface area contributed by atoms with Crippen LogP contribution >= 0.6 is 0 Å². The van der Waals surface area contributed by atoms with Crippen LogP contribution in [-0.2, 0) is 4.79 Å². The molecule has 0 bridgehead atoms. The van der Waals surface area contributed by atoms with E-state index in [4.69, 9.17) is 0 Å². The molecule has 3 aliphatic rings. The Labute approximate surface area is 91.2 Å². The van der Waals surface area contributed by atoms with E-state index in [-0.39, 0.29) is 0 Å². The summed E-state index contributed by atoms with van der Waals surface area (Å²) >= 11 is 0. The van der Waals surface area contributed by atoms with E-state index in [2.05, 4.69) is 10.2 Å². The first kappa shape index (κ1) is 9.64. The van der Waals surface area contributed by atoms with Gasteiger partial charge in [0.15, 0.2) is 0 Å². The van der Waals surface area contributed by atoms with E-state index in [1.165, 1.54) is 25.7 Å². The topological polar surface area (TPSA) is 32.3 Å². The number of amides is 1. The Balaban J connectivity index is 1.68. The molecule has 3 heteroatoms. The van der Waals surface area contributed by atoms with Crippen LogP contribution in [0.25, 0.3) is 0 Å². The first-order valence-electron chi connectivity index (χ1n) is 6.34. The van der Waals surface area contributed by atoms with Crippen molar-refractivity contribution >= 4 is 5.91 Å². The zero-order chi connectivity index (χ0) is 10.3. The fourth-order valence-corrected chi connectivity index (χ4v) is 3.43. The molecule has 0 aromatic rings. The number of carbonyl (C=O) groups is 1. The van der Waals surface area contributed by atoms with Gasteiger partial charge in [0.05, 0.1) is 0 Å². The predicted molar refractivity (Wildman–Crippen MR) is 58.6 cm³/mol. The summed E-state index contributed by atoms with van der Waals surface area (Å²) in [5.74, 6) is 0.399. The summed E-state index contributed by atoms with van der Waals surface area (Å²) < 4.78 is 0. The zero-order valence-corrected chi connectivity index (χ0v) is 9.30. The van der Waals surface area contributed by atoms with Crippen LogP contribution in [0.15, 0.2) is 0 Å². The summed E-state index contributed by atoms with van der Waals surface area (Å²) in [6.07, 6.45) is 8.25. The highest BCUT2D eigenvalue weighted by Gasteiger charge is 2.43. The molecule has 1 N–H and O–H groups in total. The maximum atomic E-state index is 11.7. The molecule has 1 unspecified atom stereocenters. The Morgan fingerprint density at radius 3 is 2.80 bits per heavy atom. The third kappa shape index (κ3) is 1.57. The van der Waals surface area contributed by atoms with E-state index < -0.39 is 0 Å². The van der Waals surface area contributed by atoms with E-state index in [1.807, 2.05) is 0 Å². The molecule has 0 aromatic carbocycles.